The maximum Gasteiger partial charge on any atom is 0.222 e. The fourth-order valence-corrected chi connectivity index (χ4v) is 4.06. The molecule has 5 nitrogen and oxygen atoms in total. The molecule has 23 heavy (non-hydrogen) atoms. The second kappa shape index (κ2) is 7.40. The molecule has 3 heterocycles. The largest absolute Gasteiger partial charge is 0.342 e. The number of carbonyl (C=O) groups excluding carboxylic acids is 1. The Bertz CT molecular complexity index is 704. The van der Waals surface area contributed by atoms with Crippen molar-refractivity contribution < 1.29 is 4.79 Å². The van der Waals surface area contributed by atoms with Gasteiger partial charge in [-0.2, -0.15) is 5.10 Å². The lowest BCUT2D eigenvalue weighted by molar-refractivity contribution is -0.132. The maximum absolute atomic E-state index is 12.5. The molecule has 1 aliphatic rings. The van der Waals surface area contributed by atoms with Gasteiger partial charge in [-0.1, -0.05) is 6.07 Å². The summed E-state index contributed by atoms with van der Waals surface area (Å²) in [7, 11) is 1.93. The molecule has 7 heteroatoms. The van der Waals surface area contributed by atoms with E-state index in [2.05, 4.69) is 27.7 Å². The van der Waals surface area contributed by atoms with E-state index >= 15 is 0 Å². The fourth-order valence-electron chi connectivity index (χ4n) is 3.17. The number of H-pyrrole nitrogens is 1. The molecule has 1 fully saturated rings. The summed E-state index contributed by atoms with van der Waals surface area (Å²) in [6, 6.07) is 4.20. The molecule has 0 aromatic carbocycles. The van der Waals surface area contributed by atoms with E-state index in [1.165, 1.54) is 4.88 Å². The number of hydrogen-bond acceptors (Lipinski definition) is 4. The number of amides is 1. The summed E-state index contributed by atoms with van der Waals surface area (Å²) in [5.41, 5.74) is 0. The van der Waals surface area contributed by atoms with Crippen LogP contribution in [0.1, 0.15) is 42.3 Å². The normalized spacial score (nSPS) is 18.3. The zero-order chi connectivity index (χ0) is 16.2. The quantitative estimate of drug-likeness (QED) is 0.842. The average molecular weight is 351 g/mol. The minimum absolute atomic E-state index is 0.267. The molecule has 2 aromatic rings. The van der Waals surface area contributed by atoms with Crippen molar-refractivity contribution in [2.24, 2.45) is 7.05 Å². The molecule has 1 saturated heterocycles. The zero-order valence-corrected chi connectivity index (χ0v) is 15.0. The molecule has 3 rings (SSSR count). The molecule has 0 spiro atoms. The van der Waals surface area contributed by atoms with Crippen LogP contribution in [0.4, 0.5) is 0 Å². The van der Waals surface area contributed by atoms with Gasteiger partial charge in [0.25, 0.3) is 0 Å². The van der Waals surface area contributed by atoms with E-state index in [1.54, 1.807) is 11.3 Å². The Hall–Kier alpha value is -1.47. The van der Waals surface area contributed by atoms with Crippen LogP contribution in [0.5, 0.6) is 0 Å². The van der Waals surface area contributed by atoms with Crippen molar-refractivity contribution >= 4 is 29.5 Å². The van der Waals surface area contributed by atoms with Crippen LogP contribution in [0, 0.1) is 4.77 Å². The number of hydrogen-bond donors (Lipinski definition) is 1. The average Bonchev–Trinajstić information content (AvgIpc) is 3.19. The molecular weight excluding hydrogens is 328 g/mol. The molecule has 1 aliphatic heterocycles. The highest BCUT2D eigenvalue weighted by molar-refractivity contribution is 7.71. The molecule has 1 unspecified atom stereocenters. The van der Waals surface area contributed by atoms with Gasteiger partial charge < -0.3 is 9.47 Å². The van der Waals surface area contributed by atoms with Crippen LogP contribution < -0.4 is 0 Å². The van der Waals surface area contributed by atoms with Crippen LogP contribution in [0.25, 0.3) is 0 Å². The lowest BCUT2D eigenvalue weighted by Crippen LogP contribution is -2.39. The lowest BCUT2D eigenvalue weighted by atomic mass is 9.96. The topological polar surface area (TPSA) is 53.9 Å². The van der Waals surface area contributed by atoms with Gasteiger partial charge in [0.15, 0.2) is 4.77 Å². The Morgan fingerprint density at radius 3 is 3.13 bits per heavy atom. The summed E-state index contributed by atoms with van der Waals surface area (Å²) >= 11 is 6.95. The van der Waals surface area contributed by atoms with Gasteiger partial charge in [0.2, 0.25) is 5.91 Å². The van der Waals surface area contributed by atoms with Crippen molar-refractivity contribution in [3.05, 3.63) is 33.0 Å². The first-order chi connectivity index (χ1) is 11.1. The molecule has 0 saturated carbocycles. The number of piperidine rings is 1. The van der Waals surface area contributed by atoms with Gasteiger partial charge in [-0.3, -0.25) is 9.89 Å². The third kappa shape index (κ3) is 3.90. The predicted molar refractivity (Wildman–Crippen MR) is 94.2 cm³/mol. The van der Waals surface area contributed by atoms with E-state index in [9.17, 15) is 4.79 Å². The number of nitrogens with zero attached hydrogens (tertiary/aromatic N) is 3. The number of aromatic nitrogens is 3. The van der Waals surface area contributed by atoms with Gasteiger partial charge in [0.1, 0.15) is 5.82 Å². The minimum Gasteiger partial charge on any atom is -0.342 e. The maximum atomic E-state index is 12.5. The van der Waals surface area contributed by atoms with Crippen molar-refractivity contribution in [2.75, 3.05) is 13.1 Å². The van der Waals surface area contributed by atoms with Crippen molar-refractivity contribution in [3.63, 3.8) is 0 Å². The monoisotopic (exact) mass is 350 g/mol. The van der Waals surface area contributed by atoms with E-state index in [0.29, 0.717) is 11.2 Å². The number of likely N-dealkylation sites (tertiary alicyclic amines) is 1. The fraction of sp³-hybridized carbons (Fsp3) is 0.562. The van der Waals surface area contributed by atoms with E-state index in [1.807, 2.05) is 16.5 Å². The summed E-state index contributed by atoms with van der Waals surface area (Å²) in [6.45, 7) is 1.62. The number of thiophene rings is 1. The molecule has 1 atom stereocenters. The highest BCUT2D eigenvalue weighted by atomic mass is 32.1. The first-order valence-electron chi connectivity index (χ1n) is 8.06. The molecule has 1 N–H and O–H groups in total. The summed E-state index contributed by atoms with van der Waals surface area (Å²) in [5, 5.41) is 9.27. The minimum atomic E-state index is 0.267. The van der Waals surface area contributed by atoms with E-state index < -0.39 is 0 Å². The van der Waals surface area contributed by atoms with Crippen LogP contribution in [-0.2, 0) is 18.3 Å². The number of rotatable bonds is 5. The predicted octanol–water partition coefficient (Wildman–Crippen LogP) is 3.27. The Balaban J connectivity index is 1.54. The highest BCUT2D eigenvalue weighted by Crippen LogP contribution is 2.26. The van der Waals surface area contributed by atoms with Crippen LogP contribution in [0.2, 0.25) is 0 Å². The lowest BCUT2D eigenvalue weighted by Gasteiger charge is -2.32. The first kappa shape index (κ1) is 16.4. The molecule has 124 valence electrons. The van der Waals surface area contributed by atoms with Gasteiger partial charge in [-0.25, -0.2) is 0 Å². The molecular formula is C16H22N4OS2. The second-order valence-electron chi connectivity index (χ2n) is 6.06. The van der Waals surface area contributed by atoms with Gasteiger partial charge in [-0.15, -0.1) is 11.3 Å². The highest BCUT2D eigenvalue weighted by Gasteiger charge is 2.27. The summed E-state index contributed by atoms with van der Waals surface area (Å²) in [4.78, 5) is 15.8. The SMILES string of the molecule is Cn1c(C2CCCN(C(=O)CCCc3cccs3)C2)n[nH]c1=S. The molecule has 2 aromatic heterocycles. The van der Waals surface area contributed by atoms with Crippen molar-refractivity contribution in [1.82, 2.24) is 19.7 Å². The van der Waals surface area contributed by atoms with Crippen LogP contribution in [0.3, 0.4) is 0 Å². The number of aromatic amines is 1. The first-order valence-corrected chi connectivity index (χ1v) is 9.35. The second-order valence-corrected chi connectivity index (χ2v) is 7.48. The summed E-state index contributed by atoms with van der Waals surface area (Å²) in [6.07, 6.45) is 4.64. The zero-order valence-electron chi connectivity index (χ0n) is 13.3. The Morgan fingerprint density at radius 1 is 1.57 bits per heavy atom. The summed E-state index contributed by atoms with van der Waals surface area (Å²) < 4.78 is 2.56. The Kier molecular flexibility index (Phi) is 5.27. The standard InChI is InChI=1S/C16H22N4OS2/c1-19-15(17-18-16(19)22)12-5-3-9-20(11-12)14(21)8-2-6-13-7-4-10-23-13/h4,7,10,12H,2-3,5-6,8-9,11H2,1H3,(H,18,22). The molecule has 1 amide bonds. The van der Waals surface area contributed by atoms with Crippen LogP contribution in [0.15, 0.2) is 17.5 Å². The van der Waals surface area contributed by atoms with Crippen molar-refractivity contribution in [1.29, 1.82) is 0 Å². The Morgan fingerprint density at radius 2 is 2.43 bits per heavy atom. The number of nitrogens with one attached hydrogen (secondary N) is 1. The molecule has 0 radical (unpaired) electrons. The molecule has 0 bridgehead atoms. The molecule has 0 aliphatic carbocycles. The smallest absolute Gasteiger partial charge is 0.222 e. The van der Waals surface area contributed by atoms with Gasteiger partial charge in [-0.05, 0) is 49.3 Å². The Labute approximate surface area is 145 Å². The van der Waals surface area contributed by atoms with E-state index in [-0.39, 0.29) is 11.8 Å². The third-order valence-corrected chi connectivity index (χ3v) is 5.75. The third-order valence-electron chi connectivity index (χ3n) is 4.45. The number of aryl methyl sites for hydroxylation is 1. The van der Waals surface area contributed by atoms with Crippen LogP contribution >= 0.6 is 23.6 Å². The van der Waals surface area contributed by atoms with E-state index in [0.717, 1.165) is 44.6 Å². The number of carbonyl (C=O) groups is 1. The van der Waals surface area contributed by atoms with Gasteiger partial charge in [0, 0.05) is 37.4 Å². The van der Waals surface area contributed by atoms with E-state index in [4.69, 9.17) is 12.2 Å². The summed E-state index contributed by atoms with van der Waals surface area (Å²) in [5.74, 6) is 1.51. The van der Waals surface area contributed by atoms with Crippen molar-refractivity contribution in [3.8, 4) is 0 Å². The van der Waals surface area contributed by atoms with Crippen molar-refractivity contribution in [2.45, 2.75) is 38.0 Å². The van der Waals surface area contributed by atoms with Gasteiger partial charge >= 0.3 is 0 Å². The van der Waals surface area contributed by atoms with Crippen LogP contribution in [-0.4, -0.2) is 38.7 Å². The van der Waals surface area contributed by atoms with Gasteiger partial charge in [0.05, 0.1) is 0 Å².